The van der Waals surface area contributed by atoms with Crippen molar-refractivity contribution in [3.05, 3.63) is 23.8 Å². The zero-order valence-corrected chi connectivity index (χ0v) is 10.0. The zero-order chi connectivity index (χ0) is 13.1. The van der Waals surface area contributed by atoms with Crippen LogP contribution in [-0.4, -0.2) is 28.3 Å². The molecule has 5 N–H and O–H groups in total. The van der Waals surface area contributed by atoms with E-state index < -0.39 is 5.54 Å². The third-order valence-corrected chi connectivity index (χ3v) is 2.47. The van der Waals surface area contributed by atoms with Crippen LogP contribution >= 0.6 is 0 Å². The van der Waals surface area contributed by atoms with Gasteiger partial charge in [0.15, 0.2) is 0 Å². The van der Waals surface area contributed by atoms with Crippen LogP contribution in [0.1, 0.15) is 30.6 Å². The largest absolute Gasteiger partial charge is 0.508 e. The van der Waals surface area contributed by atoms with Crippen molar-refractivity contribution in [2.24, 2.45) is 0 Å². The van der Waals surface area contributed by atoms with Crippen LogP contribution in [0.25, 0.3) is 0 Å². The van der Waals surface area contributed by atoms with Crippen LogP contribution in [0.5, 0.6) is 5.75 Å². The van der Waals surface area contributed by atoms with Crippen LogP contribution in [0.4, 0.5) is 5.69 Å². The van der Waals surface area contributed by atoms with Crippen LogP contribution in [0.3, 0.4) is 0 Å². The van der Waals surface area contributed by atoms with Crippen molar-refractivity contribution in [2.45, 2.75) is 25.8 Å². The van der Waals surface area contributed by atoms with Gasteiger partial charge in [0.05, 0.1) is 5.56 Å². The molecule has 1 rings (SSSR count). The highest BCUT2D eigenvalue weighted by Gasteiger charge is 2.21. The standard InChI is InChI=1S/C12H18N2O3/c1-12(2,5-6-15)14-11(17)9-7-8(16)3-4-10(9)13/h3-4,7,15-16H,5-6,13H2,1-2H3,(H,14,17). The Morgan fingerprint density at radius 3 is 2.71 bits per heavy atom. The van der Waals surface area contributed by atoms with Gasteiger partial charge in [-0.2, -0.15) is 0 Å². The maximum absolute atomic E-state index is 11.9. The molecule has 0 aliphatic carbocycles. The zero-order valence-electron chi connectivity index (χ0n) is 10.0. The average Bonchev–Trinajstić information content (AvgIpc) is 2.20. The van der Waals surface area contributed by atoms with E-state index in [2.05, 4.69) is 5.32 Å². The molecule has 0 bridgehead atoms. The Bertz CT molecular complexity index is 416. The molecule has 1 amide bonds. The number of aliphatic hydroxyl groups excluding tert-OH is 1. The average molecular weight is 238 g/mol. The molecule has 0 fully saturated rings. The minimum Gasteiger partial charge on any atom is -0.508 e. The number of amides is 1. The molecule has 0 aromatic heterocycles. The summed E-state index contributed by atoms with van der Waals surface area (Å²) in [5, 5.41) is 20.9. The molecule has 0 aliphatic heterocycles. The molecule has 0 aliphatic rings. The normalized spacial score (nSPS) is 11.2. The summed E-state index contributed by atoms with van der Waals surface area (Å²) in [6.45, 7) is 3.60. The fourth-order valence-electron chi connectivity index (χ4n) is 1.46. The number of rotatable bonds is 4. The van der Waals surface area contributed by atoms with Crippen molar-refractivity contribution in [1.82, 2.24) is 5.32 Å². The number of anilines is 1. The SMILES string of the molecule is CC(C)(CCO)NC(=O)c1cc(O)ccc1N. The van der Waals surface area contributed by atoms with Gasteiger partial charge in [0, 0.05) is 17.8 Å². The van der Waals surface area contributed by atoms with Crippen LogP contribution in [0.15, 0.2) is 18.2 Å². The molecule has 0 radical (unpaired) electrons. The number of nitrogens with one attached hydrogen (secondary N) is 1. The second kappa shape index (κ2) is 5.05. The Kier molecular flexibility index (Phi) is 3.96. The molecule has 94 valence electrons. The summed E-state index contributed by atoms with van der Waals surface area (Å²) in [5.74, 6) is -0.374. The highest BCUT2D eigenvalue weighted by molar-refractivity contribution is 5.99. The van der Waals surface area contributed by atoms with Gasteiger partial charge in [0.2, 0.25) is 0 Å². The van der Waals surface area contributed by atoms with E-state index in [0.29, 0.717) is 12.1 Å². The lowest BCUT2D eigenvalue weighted by molar-refractivity contribution is 0.0900. The molecule has 5 heteroatoms. The number of aliphatic hydroxyl groups is 1. The van der Waals surface area contributed by atoms with Gasteiger partial charge in [-0.05, 0) is 38.5 Å². The fourth-order valence-corrected chi connectivity index (χ4v) is 1.46. The van der Waals surface area contributed by atoms with Gasteiger partial charge in [-0.1, -0.05) is 0 Å². The molecule has 1 aromatic rings. The van der Waals surface area contributed by atoms with E-state index in [1.165, 1.54) is 18.2 Å². The van der Waals surface area contributed by atoms with Gasteiger partial charge in [0.1, 0.15) is 5.75 Å². The highest BCUT2D eigenvalue weighted by Crippen LogP contribution is 2.19. The monoisotopic (exact) mass is 238 g/mol. The summed E-state index contributed by atoms with van der Waals surface area (Å²) >= 11 is 0. The first-order chi connectivity index (χ1) is 7.85. The molecule has 0 unspecified atom stereocenters. The smallest absolute Gasteiger partial charge is 0.253 e. The molecular weight excluding hydrogens is 220 g/mol. The van der Waals surface area contributed by atoms with Crippen molar-refractivity contribution in [1.29, 1.82) is 0 Å². The Balaban J connectivity index is 2.86. The summed E-state index contributed by atoms with van der Waals surface area (Å²) in [4.78, 5) is 11.9. The number of carbonyl (C=O) groups is 1. The number of phenols is 1. The number of aromatic hydroxyl groups is 1. The first-order valence-corrected chi connectivity index (χ1v) is 5.37. The number of nitrogen functional groups attached to an aromatic ring is 1. The van der Waals surface area contributed by atoms with Crippen molar-refractivity contribution in [3.8, 4) is 5.75 Å². The first kappa shape index (κ1) is 13.3. The maximum atomic E-state index is 11.9. The molecule has 0 spiro atoms. The lowest BCUT2D eigenvalue weighted by Gasteiger charge is -2.25. The lowest BCUT2D eigenvalue weighted by atomic mass is 10.0. The van der Waals surface area contributed by atoms with Gasteiger partial charge >= 0.3 is 0 Å². The molecule has 0 saturated carbocycles. The Morgan fingerprint density at radius 2 is 2.12 bits per heavy atom. The van der Waals surface area contributed by atoms with E-state index in [1.54, 1.807) is 13.8 Å². The number of nitrogens with two attached hydrogens (primary N) is 1. The topological polar surface area (TPSA) is 95.6 Å². The van der Waals surface area contributed by atoms with Crippen molar-refractivity contribution in [3.63, 3.8) is 0 Å². The molecule has 0 heterocycles. The summed E-state index contributed by atoms with van der Waals surface area (Å²) in [7, 11) is 0. The van der Waals surface area contributed by atoms with Crippen molar-refractivity contribution >= 4 is 11.6 Å². The second-order valence-electron chi connectivity index (χ2n) is 4.58. The predicted molar refractivity (Wildman–Crippen MR) is 65.8 cm³/mol. The number of benzene rings is 1. The van der Waals surface area contributed by atoms with Crippen LogP contribution < -0.4 is 11.1 Å². The summed E-state index contributed by atoms with van der Waals surface area (Å²) in [6, 6.07) is 4.22. The van der Waals surface area contributed by atoms with E-state index in [-0.39, 0.29) is 23.8 Å². The number of carbonyl (C=O) groups excluding carboxylic acids is 1. The maximum Gasteiger partial charge on any atom is 0.253 e. The Morgan fingerprint density at radius 1 is 1.47 bits per heavy atom. The highest BCUT2D eigenvalue weighted by atomic mass is 16.3. The Labute approximate surface area is 100 Å². The molecular formula is C12H18N2O3. The molecule has 0 atom stereocenters. The summed E-state index contributed by atoms with van der Waals surface area (Å²) in [5.41, 5.74) is 5.68. The van der Waals surface area contributed by atoms with Gasteiger partial charge in [0.25, 0.3) is 5.91 Å². The third-order valence-electron chi connectivity index (χ3n) is 2.47. The van der Waals surface area contributed by atoms with Crippen LogP contribution in [-0.2, 0) is 0 Å². The van der Waals surface area contributed by atoms with E-state index in [9.17, 15) is 9.90 Å². The van der Waals surface area contributed by atoms with Crippen molar-refractivity contribution in [2.75, 3.05) is 12.3 Å². The minimum absolute atomic E-state index is 0.00989. The van der Waals surface area contributed by atoms with Crippen molar-refractivity contribution < 1.29 is 15.0 Å². The minimum atomic E-state index is -0.524. The summed E-state index contributed by atoms with van der Waals surface area (Å²) < 4.78 is 0. The summed E-state index contributed by atoms with van der Waals surface area (Å²) in [6.07, 6.45) is 0.442. The predicted octanol–water partition coefficient (Wildman–Crippen LogP) is 0.865. The number of hydrogen-bond acceptors (Lipinski definition) is 4. The van der Waals surface area contributed by atoms with Crippen LogP contribution in [0.2, 0.25) is 0 Å². The van der Waals surface area contributed by atoms with Gasteiger partial charge in [-0.3, -0.25) is 4.79 Å². The van der Waals surface area contributed by atoms with E-state index in [0.717, 1.165) is 0 Å². The number of hydrogen-bond donors (Lipinski definition) is 4. The first-order valence-electron chi connectivity index (χ1n) is 5.37. The van der Waals surface area contributed by atoms with Crippen LogP contribution in [0, 0.1) is 0 Å². The third kappa shape index (κ3) is 3.64. The van der Waals surface area contributed by atoms with E-state index >= 15 is 0 Å². The molecule has 5 nitrogen and oxygen atoms in total. The van der Waals surface area contributed by atoms with Gasteiger partial charge < -0.3 is 21.3 Å². The molecule has 0 saturated heterocycles. The lowest BCUT2D eigenvalue weighted by Crippen LogP contribution is -2.44. The number of phenolic OH excluding ortho intramolecular Hbond substituents is 1. The Hall–Kier alpha value is -1.75. The van der Waals surface area contributed by atoms with Gasteiger partial charge in [-0.25, -0.2) is 0 Å². The second-order valence-corrected chi connectivity index (χ2v) is 4.58. The van der Waals surface area contributed by atoms with E-state index in [4.69, 9.17) is 10.8 Å². The quantitative estimate of drug-likeness (QED) is 0.462. The fraction of sp³-hybridized carbons (Fsp3) is 0.417. The molecule has 17 heavy (non-hydrogen) atoms. The van der Waals surface area contributed by atoms with Gasteiger partial charge in [-0.15, -0.1) is 0 Å². The van der Waals surface area contributed by atoms with E-state index in [1.807, 2.05) is 0 Å². The molecule has 1 aromatic carbocycles.